The Morgan fingerprint density at radius 3 is 2.69 bits per heavy atom. The Morgan fingerprint density at radius 1 is 1.56 bits per heavy atom. The van der Waals surface area contributed by atoms with E-state index in [4.69, 9.17) is 9.47 Å². The molecule has 1 fully saturated rings. The summed E-state index contributed by atoms with van der Waals surface area (Å²) in [5.74, 6) is 0. The second-order valence-corrected chi connectivity index (χ2v) is 5.34. The predicted molar refractivity (Wildman–Crippen MR) is 59.2 cm³/mol. The van der Waals surface area contributed by atoms with Crippen molar-refractivity contribution in [1.29, 1.82) is 0 Å². The molecule has 1 amide bonds. The molecule has 1 rings (SSSR count). The monoisotopic (exact) mass is 231 g/mol. The van der Waals surface area contributed by atoms with Crippen LogP contribution in [-0.2, 0) is 9.47 Å². The maximum Gasteiger partial charge on any atom is 0.410 e. The lowest BCUT2D eigenvalue weighted by molar-refractivity contribution is -0.0853. The van der Waals surface area contributed by atoms with Crippen LogP contribution in [0.3, 0.4) is 0 Å². The molecule has 1 N–H and O–H groups in total. The van der Waals surface area contributed by atoms with E-state index in [0.29, 0.717) is 19.8 Å². The van der Waals surface area contributed by atoms with Crippen LogP contribution < -0.4 is 0 Å². The summed E-state index contributed by atoms with van der Waals surface area (Å²) in [6.07, 6.45) is -0.396. The minimum absolute atomic E-state index is 0.133. The number of hydrogen-bond donors (Lipinski definition) is 1. The Morgan fingerprint density at radius 2 is 2.19 bits per heavy atom. The Kier molecular flexibility index (Phi) is 3.80. The number of aliphatic hydroxyl groups is 1. The maximum atomic E-state index is 11.9. The van der Waals surface area contributed by atoms with Gasteiger partial charge in [0.05, 0.1) is 25.4 Å². The first kappa shape index (κ1) is 13.3. The van der Waals surface area contributed by atoms with Crippen LogP contribution in [0.5, 0.6) is 0 Å². The summed E-state index contributed by atoms with van der Waals surface area (Å²) < 4.78 is 10.6. The number of morpholine rings is 1. The lowest BCUT2D eigenvalue weighted by Gasteiger charge is -2.43. The van der Waals surface area contributed by atoms with E-state index in [1.807, 2.05) is 20.8 Å². The molecule has 1 aliphatic heterocycles. The third-order valence-electron chi connectivity index (χ3n) is 2.48. The van der Waals surface area contributed by atoms with E-state index in [9.17, 15) is 9.90 Å². The molecular weight excluding hydrogens is 210 g/mol. The SMILES string of the molecule is CC(C)(C)OC(=O)N1CCOCC1(C)CO. The van der Waals surface area contributed by atoms with E-state index < -0.39 is 17.2 Å². The summed E-state index contributed by atoms with van der Waals surface area (Å²) in [6.45, 7) is 8.39. The summed E-state index contributed by atoms with van der Waals surface area (Å²) in [4.78, 5) is 13.5. The Hall–Kier alpha value is -0.810. The van der Waals surface area contributed by atoms with Crippen molar-refractivity contribution < 1.29 is 19.4 Å². The molecule has 0 aromatic rings. The lowest BCUT2D eigenvalue weighted by Crippen LogP contribution is -2.60. The number of nitrogens with zero attached hydrogens (tertiary/aromatic N) is 1. The van der Waals surface area contributed by atoms with E-state index in [0.717, 1.165) is 0 Å². The number of hydrogen-bond acceptors (Lipinski definition) is 4. The molecule has 0 spiro atoms. The average molecular weight is 231 g/mol. The minimum atomic E-state index is -0.680. The van der Waals surface area contributed by atoms with Gasteiger partial charge in [0.2, 0.25) is 0 Å². The molecule has 0 aromatic carbocycles. The molecule has 1 unspecified atom stereocenters. The lowest BCUT2D eigenvalue weighted by atomic mass is 10.0. The van der Waals surface area contributed by atoms with Crippen LogP contribution in [0.4, 0.5) is 4.79 Å². The standard InChI is InChI=1S/C11H21NO4/c1-10(2,3)16-9(14)12-5-6-15-8-11(12,4)7-13/h13H,5-8H2,1-4H3. The molecule has 16 heavy (non-hydrogen) atoms. The molecule has 5 heteroatoms. The van der Waals surface area contributed by atoms with E-state index in [1.165, 1.54) is 0 Å². The van der Waals surface area contributed by atoms with Crippen LogP contribution in [0.2, 0.25) is 0 Å². The average Bonchev–Trinajstić information content (AvgIpc) is 2.15. The van der Waals surface area contributed by atoms with Crippen molar-refractivity contribution in [2.45, 2.75) is 38.8 Å². The zero-order valence-electron chi connectivity index (χ0n) is 10.4. The number of rotatable bonds is 1. The molecular formula is C11H21NO4. The molecule has 1 aliphatic rings. The van der Waals surface area contributed by atoms with E-state index in [-0.39, 0.29) is 6.61 Å². The van der Waals surface area contributed by atoms with Gasteiger partial charge < -0.3 is 14.6 Å². The van der Waals surface area contributed by atoms with Gasteiger partial charge in [-0.2, -0.15) is 0 Å². The molecule has 1 heterocycles. The molecule has 0 bridgehead atoms. The molecule has 5 nitrogen and oxygen atoms in total. The number of amides is 1. The maximum absolute atomic E-state index is 11.9. The van der Waals surface area contributed by atoms with Gasteiger partial charge >= 0.3 is 6.09 Å². The minimum Gasteiger partial charge on any atom is -0.444 e. The summed E-state index contributed by atoms with van der Waals surface area (Å²) >= 11 is 0. The van der Waals surface area contributed by atoms with Crippen LogP contribution in [0.25, 0.3) is 0 Å². The second kappa shape index (κ2) is 4.59. The fourth-order valence-corrected chi connectivity index (χ4v) is 1.56. The van der Waals surface area contributed by atoms with Gasteiger partial charge in [0.1, 0.15) is 5.60 Å². The van der Waals surface area contributed by atoms with Crippen LogP contribution in [0.15, 0.2) is 0 Å². The second-order valence-electron chi connectivity index (χ2n) is 5.34. The smallest absolute Gasteiger partial charge is 0.410 e. The van der Waals surface area contributed by atoms with Crippen LogP contribution in [-0.4, -0.2) is 53.6 Å². The Labute approximate surface area is 96.3 Å². The molecule has 0 aromatic heterocycles. The quantitative estimate of drug-likeness (QED) is 0.731. The highest BCUT2D eigenvalue weighted by molar-refractivity contribution is 5.69. The summed E-state index contributed by atoms with van der Waals surface area (Å²) in [7, 11) is 0. The number of carbonyl (C=O) groups is 1. The summed E-state index contributed by atoms with van der Waals surface area (Å²) in [5.41, 5.74) is -1.20. The van der Waals surface area contributed by atoms with Crippen molar-refractivity contribution in [1.82, 2.24) is 4.90 Å². The van der Waals surface area contributed by atoms with Crippen LogP contribution in [0, 0.1) is 0 Å². The Bertz CT molecular complexity index is 261. The van der Waals surface area contributed by atoms with Gasteiger partial charge in [-0.25, -0.2) is 4.79 Å². The van der Waals surface area contributed by atoms with Crippen molar-refractivity contribution in [2.75, 3.05) is 26.4 Å². The third-order valence-corrected chi connectivity index (χ3v) is 2.48. The van der Waals surface area contributed by atoms with Gasteiger partial charge in [-0.1, -0.05) is 0 Å². The molecule has 94 valence electrons. The summed E-state index contributed by atoms with van der Waals surface area (Å²) in [5, 5.41) is 9.34. The summed E-state index contributed by atoms with van der Waals surface area (Å²) in [6, 6.07) is 0. The van der Waals surface area contributed by atoms with Crippen molar-refractivity contribution in [3.63, 3.8) is 0 Å². The van der Waals surface area contributed by atoms with Gasteiger partial charge in [-0.15, -0.1) is 0 Å². The molecule has 1 saturated heterocycles. The van der Waals surface area contributed by atoms with Crippen molar-refractivity contribution in [3.8, 4) is 0 Å². The van der Waals surface area contributed by atoms with Gasteiger partial charge in [0, 0.05) is 6.54 Å². The van der Waals surface area contributed by atoms with Crippen LogP contribution in [0.1, 0.15) is 27.7 Å². The van der Waals surface area contributed by atoms with E-state index in [1.54, 1.807) is 11.8 Å². The molecule has 0 saturated carbocycles. The van der Waals surface area contributed by atoms with Gasteiger partial charge in [0.25, 0.3) is 0 Å². The van der Waals surface area contributed by atoms with Gasteiger partial charge in [-0.3, -0.25) is 4.90 Å². The first-order valence-electron chi connectivity index (χ1n) is 5.48. The fourth-order valence-electron chi connectivity index (χ4n) is 1.56. The Balaban J connectivity index is 2.72. The molecule has 0 aliphatic carbocycles. The van der Waals surface area contributed by atoms with Gasteiger partial charge in [0.15, 0.2) is 0 Å². The first-order valence-corrected chi connectivity index (χ1v) is 5.48. The zero-order valence-corrected chi connectivity index (χ0v) is 10.4. The van der Waals surface area contributed by atoms with Gasteiger partial charge in [-0.05, 0) is 27.7 Å². The van der Waals surface area contributed by atoms with Crippen molar-refractivity contribution in [2.24, 2.45) is 0 Å². The molecule has 0 radical (unpaired) electrons. The topological polar surface area (TPSA) is 59.0 Å². The van der Waals surface area contributed by atoms with Crippen molar-refractivity contribution in [3.05, 3.63) is 0 Å². The highest BCUT2D eigenvalue weighted by atomic mass is 16.6. The number of ether oxygens (including phenoxy) is 2. The predicted octanol–water partition coefficient (Wildman–Crippen LogP) is 1.00. The first-order chi connectivity index (χ1) is 7.28. The zero-order chi connectivity index (χ0) is 12.4. The van der Waals surface area contributed by atoms with E-state index >= 15 is 0 Å². The highest BCUT2D eigenvalue weighted by Crippen LogP contribution is 2.22. The fraction of sp³-hybridized carbons (Fsp3) is 0.909. The van der Waals surface area contributed by atoms with E-state index in [2.05, 4.69) is 0 Å². The van der Waals surface area contributed by atoms with Crippen molar-refractivity contribution >= 4 is 6.09 Å². The number of aliphatic hydroxyl groups excluding tert-OH is 1. The largest absolute Gasteiger partial charge is 0.444 e. The normalized spacial score (nSPS) is 26.7. The number of carbonyl (C=O) groups excluding carboxylic acids is 1. The highest BCUT2D eigenvalue weighted by Gasteiger charge is 2.39. The molecule has 1 atom stereocenters. The van der Waals surface area contributed by atoms with Crippen LogP contribution >= 0.6 is 0 Å². The third kappa shape index (κ3) is 3.09.